The molecule has 6 nitrogen and oxygen atoms in total. The SMILES string of the molecule is Cn1cc(CCC(=O)N[C@H](Cc2ccc(F)cc2)C(=O)O)cn1. The lowest BCUT2D eigenvalue weighted by Crippen LogP contribution is -2.42. The summed E-state index contributed by atoms with van der Waals surface area (Å²) in [7, 11) is 1.78. The molecule has 1 aromatic heterocycles. The number of carbonyl (C=O) groups excluding carboxylic acids is 1. The Morgan fingerprint density at radius 3 is 2.57 bits per heavy atom. The number of carbonyl (C=O) groups is 2. The number of aryl methyl sites for hydroxylation is 2. The van der Waals surface area contributed by atoms with Crippen LogP contribution in [0.15, 0.2) is 36.7 Å². The normalized spacial score (nSPS) is 11.9. The molecule has 0 aliphatic carbocycles. The first-order valence-corrected chi connectivity index (χ1v) is 7.18. The van der Waals surface area contributed by atoms with E-state index in [1.165, 1.54) is 24.3 Å². The standard InChI is InChI=1S/C16H18FN3O3/c1-20-10-12(9-18-20)4-7-15(21)19-14(16(22)23)8-11-2-5-13(17)6-3-11/h2-3,5-6,9-10,14H,4,7-8H2,1H3,(H,19,21)(H,22,23)/t14-/m1/s1. The fourth-order valence-corrected chi connectivity index (χ4v) is 2.18. The molecule has 0 radical (unpaired) electrons. The van der Waals surface area contributed by atoms with Crippen LogP contribution in [0.4, 0.5) is 4.39 Å². The number of carboxylic acids is 1. The monoisotopic (exact) mass is 319 g/mol. The van der Waals surface area contributed by atoms with Crippen molar-refractivity contribution in [2.45, 2.75) is 25.3 Å². The molecule has 0 saturated heterocycles. The topological polar surface area (TPSA) is 84.2 Å². The Morgan fingerprint density at radius 2 is 2.00 bits per heavy atom. The van der Waals surface area contributed by atoms with Crippen molar-refractivity contribution in [1.29, 1.82) is 0 Å². The molecule has 0 aliphatic rings. The molecule has 1 atom stereocenters. The van der Waals surface area contributed by atoms with Crippen molar-refractivity contribution in [2.24, 2.45) is 7.05 Å². The number of aliphatic carboxylic acids is 1. The van der Waals surface area contributed by atoms with Gasteiger partial charge in [0.05, 0.1) is 6.20 Å². The second kappa shape index (κ2) is 7.53. The molecule has 2 rings (SSSR count). The number of carboxylic acid groups (broad SMARTS) is 1. The molecule has 0 bridgehead atoms. The van der Waals surface area contributed by atoms with Crippen molar-refractivity contribution in [3.8, 4) is 0 Å². The summed E-state index contributed by atoms with van der Waals surface area (Å²) < 4.78 is 14.5. The third-order valence-corrected chi connectivity index (χ3v) is 3.39. The Bertz CT molecular complexity index is 682. The molecule has 7 heteroatoms. The van der Waals surface area contributed by atoms with Crippen molar-refractivity contribution < 1.29 is 19.1 Å². The Balaban J connectivity index is 1.89. The maximum absolute atomic E-state index is 12.9. The first kappa shape index (κ1) is 16.7. The van der Waals surface area contributed by atoms with E-state index in [9.17, 15) is 19.1 Å². The van der Waals surface area contributed by atoms with Gasteiger partial charge in [0.15, 0.2) is 0 Å². The summed E-state index contributed by atoms with van der Waals surface area (Å²) in [5.74, 6) is -1.85. The number of aromatic nitrogens is 2. The van der Waals surface area contributed by atoms with Gasteiger partial charge in [-0.15, -0.1) is 0 Å². The first-order chi connectivity index (χ1) is 10.9. The summed E-state index contributed by atoms with van der Waals surface area (Å²) in [5.41, 5.74) is 1.56. The van der Waals surface area contributed by atoms with Gasteiger partial charge in [0.2, 0.25) is 5.91 Å². The average Bonchev–Trinajstić information content (AvgIpc) is 2.92. The predicted molar refractivity (Wildman–Crippen MR) is 81.2 cm³/mol. The van der Waals surface area contributed by atoms with Gasteiger partial charge < -0.3 is 10.4 Å². The molecule has 0 unspecified atom stereocenters. The van der Waals surface area contributed by atoms with Crippen LogP contribution in [0.1, 0.15) is 17.5 Å². The lowest BCUT2D eigenvalue weighted by molar-refractivity contribution is -0.141. The van der Waals surface area contributed by atoms with Gasteiger partial charge in [-0.25, -0.2) is 9.18 Å². The highest BCUT2D eigenvalue weighted by molar-refractivity contribution is 5.83. The van der Waals surface area contributed by atoms with Crippen LogP contribution in [0.3, 0.4) is 0 Å². The third kappa shape index (κ3) is 5.21. The molecule has 0 spiro atoms. The van der Waals surface area contributed by atoms with E-state index in [0.717, 1.165) is 5.56 Å². The van der Waals surface area contributed by atoms with Gasteiger partial charge in [-0.05, 0) is 29.7 Å². The summed E-state index contributed by atoms with van der Waals surface area (Å²) in [6, 6.07) is 4.50. The molecule has 1 heterocycles. The van der Waals surface area contributed by atoms with Crippen LogP contribution in [-0.2, 0) is 29.5 Å². The Kier molecular flexibility index (Phi) is 5.46. The van der Waals surface area contributed by atoms with E-state index in [1.807, 2.05) is 0 Å². The third-order valence-electron chi connectivity index (χ3n) is 3.39. The van der Waals surface area contributed by atoms with Crippen LogP contribution in [0.25, 0.3) is 0 Å². The summed E-state index contributed by atoms with van der Waals surface area (Å²) in [4.78, 5) is 23.2. The molecule has 0 saturated carbocycles. The molecule has 122 valence electrons. The lowest BCUT2D eigenvalue weighted by Gasteiger charge is -2.14. The molecule has 23 heavy (non-hydrogen) atoms. The van der Waals surface area contributed by atoms with E-state index in [1.54, 1.807) is 24.1 Å². The van der Waals surface area contributed by atoms with E-state index < -0.39 is 12.0 Å². The van der Waals surface area contributed by atoms with Gasteiger partial charge in [-0.1, -0.05) is 12.1 Å². The number of hydrogen-bond acceptors (Lipinski definition) is 3. The van der Waals surface area contributed by atoms with Crippen molar-refractivity contribution in [3.05, 3.63) is 53.6 Å². The number of halogens is 1. The minimum absolute atomic E-state index is 0.105. The Morgan fingerprint density at radius 1 is 1.30 bits per heavy atom. The summed E-state index contributed by atoms with van der Waals surface area (Å²) in [6.07, 6.45) is 4.25. The molecular formula is C16H18FN3O3. The van der Waals surface area contributed by atoms with E-state index in [4.69, 9.17) is 0 Å². The van der Waals surface area contributed by atoms with Crippen LogP contribution >= 0.6 is 0 Å². The van der Waals surface area contributed by atoms with Gasteiger partial charge in [-0.3, -0.25) is 9.48 Å². The molecule has 0 fully saturated rings. The Labute approximate surface area is 132 Å². The van der Waals surface area contributed by atoms with Gasteiger partial charge in [-0.2, -0.15) is 5.10 Å². The zero-order chi connectivity index (χ0) is 16.8. The summed E-state index contributed by atoms with van der Waals surface area (Å²) in [5, 5.41) is 15.7. The maximum Gasteiger partial charge on any atom is 0.326 e. The van der Waals surface area contributed by atoms with E-state index in [0.29, 0.717) is 12.0 Å². The largest absolute Gasteiger partial charge is 0.480 e. The maximum atomic E-state index is 12.9. The smallest absolute Gasteiger partial charge is 0.326 e. The number of amides is 1. The lowest BCUT2D eigenvalue weighted by atomic mass is 10.1. The van der Waals surface area contributed by atoms with Crippen molar-refractivity contribution >= 4 is 11.9 Å². The highest BCUT2D eigenvalue weighted by Gasteiger charge is 2.20. The van der Waals surface area contributed by atoms with Crippen LogP contribution < -0.4 is 5.32 Å². The fourth-order valence-electron chi connectivity index (χ4n) is 2.18. The second-order valence-corrected chi connectivity index (χ2v) is 5.31. The first-order valence-electron chi connectivity index (χ1n) is 7.18. The number of benzene rings is 1. The van der Waals surface area contributed by atoms with Crippen molar-refractivity contribution in [2.75, 3.05) is 0 Å². The predicted octanol–water partition coefficient (Wildman–Crippen LogP) is 1.30. The van der Waals surface area contributed by atoms with Crippen LogP contribution in [-0.4, -0.2) is 32.8 Å². The minimum Gasteiger partial charge on any atom is -0.480 e. The van der Waals surface area contributed by atoms with Gasteiger partial charge in [0, 0.05) is 26.1 Å². The number of hydrogen-bond donors (Lipinski definition) is 2. The summed E-state index contributed by atoms with van der Waals surface area (Å²) in [6.45, 7) is 0. The van der Waals surface area contributed by atoms with E-state index in [2.05, 4.69) is 10.4 Å². The van der Waals surface area contributed by atoms with E-state index >= 15 is 0 Å². The Hall–Kier alpha value is -2.70. The van der Waals surface area contributed by atoms with Crippen molar-refractivity contribution in [1.82, 2.24) is 15.1 Å². The van der Waals surface area contributed by atoms with Gasteiger partial charge >= 0.3 is 5.97 Å². The molecule has 2 N–H and O–H groups in total. The van der Waals surface area contributed by atoms with E-state index in [-0.39, 0.29) is 24.6 Å². The van der Waals surface area contributed by atoms with Crippen LogP contribution in [0.2, 0.25) is 0 Å². The molecule has 0 aliphatic heterocycles. The highest BCUT2D eigenvalue weighted by atomic mass is 19.1. The molecule has 1 amide bonds. The zero-order valence-corrected chi connectivity index (χ0v) is 12.7. The molecule has 1 aromatic carbocycles. The minimum atomic E-state index is -1.12. The zero-order valence-electron chi connectivity index (χ0n) is 12.7. The van der Waals surface area contributed by atoms with Crippen molar-refractivity contribution in [3.63, 3.8) is 0 Å². The average molecular weight is 319 g/mol. The van der Waals surface area contributed by atoms with Crippen LogP contribution in [0.5, 0.6) is 0 Å². The number of nitrogens with zero attached hydrogens (tertiary/aromatic N) is 2. The highest BCUT2D eigenvalue weighted by Crippen LogP contribution is 2.07. The summed E-state index contributed by atoms with van der Waals surface area (Å²) >= 11 is 0. The second-order valence-electron chi connectivity index (χ2n) is 5.31. The fraction of sp³-hybridized carbons (Fsp3) is 0.312. The molecule has 2 aromatic rings. The number of rotatable bonds is 7. The van der Waals surface area contributed by atoms with Gasteiger partial charge in [0.1, 0.15) is 11.9 Å². The quantitative estimate of drug-likeness (QED) is 0.806. The number of nitrogens with one attached hydrogen (secondary N) is 1. The molecular weight excluding hydrogens is 301 g/mol. The van der Waals surface area contributed by atoms with Crippen LogP contribution in [0, 0.1) is 5.82 Å². The van der Waals surface area contributed by atoms with Gasteiger partial charge in [0.25, 0.3) is 0 Å².